The lowest BCUT2D eigenvalue weighted by Crippen LogP contribution is -2.42. The molecule has 2 nitrogen and oxygen atoms in total. The zero-order valence-corrected chi connectivity index (χ0v) is 8.73. The number of nitrogens with two attached hydrogens (primary N) is 1. The van der Waals surface area contributed by atoms with Gasteiger partial charge in [0, 0.05) is 0 Å². The molecule has 0 aliphatic heterocycles. The fraction of sp³-hybridized carbons (Fsp3) is 0.300. The molecule has 0 aromatic heterocycles. The standard InChI is InChI=1S/C10H11ClFNO/c1-10(2,13)9(14)8-6(11)4-3-5-7(8)12/h3-5H,13H2,1-2H3. The molecule has 0 saturated heterocycles. The zero-order chi connectivity index (χ0) is 10.9. The lowest BCUT2D eigenvalue weighted by atomic mass is 9.94. The second kappa shape index (κ2) is 3.67. The van der Waals surface area contributed by atoms with Crippen molar-refractivity contribution in [1.82, 2.24) is 0 Å². The number of carbonyl (C=O) groups is 1. The molecule has 0 amide bonds. The predicted octanol–water partition coefficient (Wildman–Crippen LogP) is 2.40. The monoisotopic (exact) mass is 215 g/mol. The Morgan fingerprint density at radius 3 is 2.50 bits per heavy atom. The van der Waals surface area contributed by atoms with Gasteiger partial charge in [0.2, 0.25) is 0 Å². The van der Waals surface area contributed by atoms with Crippen LogP contribution in [-0.2, 0) is 0 Å². The summed E-state index contributed by atoms with van der Waals surface area (Å²) in [5.41, 5.74) is 4.32. The molecule has 1 rings (SSSR count). The van der Waals surface area contributed by atoms with Crippen molar-refractivity contribution in [3.05, 3.63) is 34.6 Å². The Labute approximate surface area is 86.9 Å². The number of carbonyl (C=O) groups excluding carboxylic acids is 1. The summed E-state index contributed by atoms with van der Waals surface area (Å²) in [5.74, 6) is -1.14. The van der Waals surface area contributed by atoms with Crippen LogP contribution in [0.2, 0.25) is 5.02 Å². The minimum Gasteiger partial charge on any atom is -0.319 e. The van der Waals surface area contributed by atoms with E-state index in [1.54, 1.807) is 0 Å². The molecule has 0 radical (unpaired) electrons. The zero-order valence-electron chi connectivity index (χ0n) is 7.97. The Balaban J connectivity index is 3.26. The van der Waals surface area contributed by atoms with E-state index < -0.39 is 17.1 Å². The average molecular weight is 216 g/mol. The first kappa shape index (κ1) is 11.1. The second-order valence-electron chi connectivity index (χ2n) is 3.65. The van der Waals surface area contributed by atoms with E-state index in [1.807, 2.05) is 0 Å². The highest BCUT2D eigenvalue weighted by molar-refractivity contribution is 6.34. The second-order valence-corrected chi connectivity index (χ2v) is 4.05. The number of ketones is 1. The third kappa shape index (κ3) is 2.11. The summed E-state index contributed by atoms with van der Waals surface area (Å²) in [6.45, 7) is 3.02. The topological polar surface area (TPSA) is 43.1 Å². The highest BCUT2D eigenvalue weighted by atomic mass is 35.5. The highest BCUT2D eigenvalue weighted by Gasteiger charge is 2.27. The van der Waals surface area contributed by atoms with E-state index >= 15 is 0 Å². The van der Waals surface area contributed by atoms with Crippen molar-refractivity contribution >= 4 is 17.4 Å². The maximum Gasteiger partial charge on any atom is 0.186 e. The average Bonchev–Trinajstić information content (AvgIpc) is 2.01. The van der Waals surface area contributed by atoms with E-state index in [-0.39, 0.29) is 10.6 Å². The fourth-order valence-corrected chi connectivity index (χ4v) is 1.29. The molecule has 0 saturated carbocycles. The molecule has 1 aromatic rings. The largest absolute Gasteiger partial charge is 0.319 e. The number of Topliss-reactive ketones (excluding diaryl/α,β-unsaturated/α-hetero) is 1. The van der Waals surface area contributed by atoms with Crippen molar-refractivity contribution in [1.29, 1.82) is 0 Å². The van der Waals surface area contributed by atoms with Gasteiger partial charge in [-0.2, -0.15) is 0 Å². The van der Waals surface area contributed by atoms with Crippen LogP contribution in [0.3, 0.4) is 0 Å². The Kier molecular flexibility index (Phi) is 2.92. The first-order chi connectivity index (χ1) is 6.34. The quantitative estimate of drug-likeness (QED) is 0.770. The Hall–Kier alpha value is -0.930. The summed E-state index contributed by atoms with van der Waals surface area (Å²) in [7, 11) is 0. The van der Waals surface area contributed by atoms with Gasteiger partial charge in [0.15, 0.2) is 5.78 Å². The van der Waals surface area contributed by atoms with Crippen LogP contribution in [-0.4, -0.2) is 11.3 Å². The lowest BCUT2D eigenvalue weighted by molar-refractivity contribution is 0.0909. The van der Waals surface area contributed by atoms with E-state index in [2.05, 4.69) is 0 Å². The van der Waals surface area contributed by atoms with Crippen molar-refractivity contribution in [2.24, 2.45) is 5.73 Å². The van der Waals surface area contributed by atoms with E-state index in [0.29, 0.717) is 0 Å². The molecular weight excluding hydrogens is 205 g/mol. The molecule has 0 heterocycles. The minimum atomic E-state index is -1.12. The molecule has 14 heavy (non-hydrogen) atoms. The van der Waals surface area contributed by atoms with Crippen molar-refractivity contribution in [2.75, 3.05) is 0 Å². The maximum atomic E-state index is 13.3. The number of halogens is 2. The van der Waals surface area contributed by atoms with Gasteiger partial charge >= 0.3 is 0 Å². The third-order valence-electron chi connectivity index (χ3n) is 1.78. The van der Waals surface area contributed by atoms with Crippen LogP contribution in [0.4, 0.5) is 4.39 Å². The summed E-state index contributed by atoms with van der Waals surface area (Å²) in [4.78, 5) is 11.7. The molecule has 2 N–H and O–H groups in total. The molecule has 0 aliphatic rings. The molecule has 76 valence electrons. The summed E-state index contributed by atoms with van der Waals surface area (Å²) < 4.78 is 13.3. The third-order valence-corrected chi connectivity index (χ3v) is 2.09. The van der Waals surface area contributed by atoms with Crippen LogP contribution < -0.4 is 5.73 Å². The summed E-state index contributed by atoms with van der Waals surface area (Å²) in [5, 5.41) is 0.0912. The first-order valence-electron chi connectivity index (χ1n) is 4.11. The molecule has 1 aromatic carbocycles. The van der Waals surface area contributed by atoms with E-state index in [1.165, 1.54) is 32.0 Å². The molecule has 0 fully saturated rings. The predicted molar refractivity (Wildman–Crippen MR) is 54.0 cm³/mol. The summed E-state index contributed by atoms with van der Waals surface area (Å²) >= 11 is 5.71. The first-order valence-corrected chi connectivity index (χ1v) is 4.49. The highest BCUT2D eigenvalue weighted by Crippen LogP contribution is 2.22. The molecule has 0 spiro atoms. The van der Waals surface area contributed by atoms with Gasteiger partial charge in [0.25, 0.3) is 0 Å². The van der Waals surface area contributed by atoms with Crippen LogP contribution >= 0.6 is 11.6 Å². The van der Waals surface area contributed by atoms with Gasteiger partial charge in [0.1, 0.15) is 5.82 Å². The maximum absolute atomic E-state index is 13.3. The molecule has 0 atom stereocenters. The fourth-order valence-electron chi connectivity index (χ4n) is 1.04. The van der Waals surface area contributed by atoms with Crippen molar-refractivity contribution in [3.63, 3.8) is 0 Å². The van der Waals surface area contributed by atoms with Crippen LogP contribution in [0.1, 0.15) is 24.2 Å². The number of hydrogen-bond donors (Lipinski definition) is 1. The smallest absolute Gasteiger partial charge is 0.186 e. The van der Waals surface area contributed by atoms with Gasteiger partial charge in [-0.15, -0.1) is 0 Å². The van der Waals surface area contributed by atoms with Gasteiger partial charge in [-0.05, 0) is 26.0 Å². The van der Waals surface area contributed by atoms with Gasteiger partial charge in [-0.3, -0.25) is 4.79 Å². The van der Waals surface area contributed by atoms with Crippen LogP contribution in [0.5, 0.6) is 0 Å². The summed E-state index contributed by atoms with van der Waals surface area (Å²) in [6.07, 6.45) is 0. The van der Waals surface area contributed by atoms with E-state index in [4.69, 9.17) is 17.3 Å². The van der Waals surface area contributed by atoms with Crippen LogP contribution in [0, 0.1) is 5.82 Å². The molecule has 0 aliphatic carbocycles. The molecule has 0 bridgehead atoms. The minimum absolute atomic E-state index is 0.0912. The summed E-state index contributed by atoms with van der Waals surface area (Å²) in [6, 6.07) is 4.09. The Bertz CT molecular complexity index is 351. The van der Waals surface area contributed by atoms with E-state index in [0.717, 1.165) is 0 Å². The number of rotatable bonds is 2. The molecule has 0 unspecified atom stereocenters. The van der Waals surface area contributed by atoms with Gasteiger partial charge in [-0.1, -0.05) is 17.7 Å². The van der Waals surface area contributed by atoms with Gasteiger partial charge in [0.05, 0.1) is 16.1 Å². The normalized spacial score (nSPS) is 11.5. The number of hydrogen-bond acceptors (Lipinski definition) is 2. The Morgan fingerprint density at radius 1 is 1.50 bits per heavy atom. The van der Waals surface area contributed by atoms with Gasteiger partial charge < -0.3 is 5.73 Å². The number of benzene rings is 1. The SMILES string of the molecule is CC(C)(N)C(=O)c1c(F)cccc1Cl. The van der Waals surface area contributed by atoms with Crippen LogP contribution in [0.15, 0.2) is 18.2 Å². The van der Waals surface area contributed by atoms with Crippen molar-refractivity contribution in [2.45, 2.75) is 19.4 Å². The Morgan fingerprint density at radius 2 is 2.07 bits per heavy atom. The van der Waals surface area contributed by atoms with Crippen LogP contribution in [0.25, 0.3) is 0 Å². The van der Waals surface area contributed by atoms with Gasteiger partial charge in [-0.25, -0.2) is 4.39 Å². The molecule has 4 heteroatoms. The molecular formula is C10H11ClFNO. The lowest BCUT2D eigenvalue weighted by Gasteiger charge is -2.17. The van der Waals surface area contributed by atoms with Crippen molar-refractivity contribution < 1.29 is 9.18 Å². The van der Waals surface area contributed by atoms with E-state index in [9.17, 15) is 9.18 Å². The van der Waals surface area contributed by atoms with Crippen molar-refractivity contribution in [3.8, 4) is 0 Å².